The van der Waals surface area contributed by atoms with Crippen molar-refractivity contribution in [2.75, 3.05) is 7.05 Å². The maximum Gasteiger partial charge on any atom is 0.138 e. The van der Waals surface area contributed by atoms with Crippen LogP contribution in [0.4, 0.5) is 0 Å². The molecule has 1 rings (SSSR count). The second-order valence-corrected chi connectivity index (χ2v) is 4.19. The van der Waals surface area contributed by atoms with Crippen molar-refractivity contribution in [2.24, 2.45) is 0 Å². The van der Waals surface area contributed by atoms with E-state index in [-0.39, 0.29) is 0 Å². The van der Waals surface area contributed by atoms with E-state index in [1.54, 1.807) is 6.33 Å². The fraction of sp³-hybridized carbons (Fsp3) is 0.833. The molecule has 0 aliphatic heterocycles. The summed E-state index contributed by atoms with van der Waals surface area (Å²) in [7, 11) is 2.04. The number of aryl methyl sites for hydroxylation is 2. The molecule has 0 aliphatic carbocycles. The summed E-state index contributed by atoms with van der Waals surface area (Å²) in [6.45, 7) is 5.37. The van der Waals surface area contributed by atoms with E-state index in [2.05, 4.69) is 29.2 Å². The molecule has 0 spiro atoms. The van der Waals surface area contributed by atoms with Gasteiger partial charge in [-0.3, -0.25) is 4.68 Å². The lowest BCUT2D eigenvalue weighted by atomic mass is 10.1. The molecule has 0 saturated heterocycles. The Morgan fingerprint density at radius 1 is 1.44 bits per heavy atom. The van der Waals surface area contributed by atoms with Gasteiger partial charge in [0, 0.05) is 19.0 Å². The van der Waals surface area contributed by atoms with Crippen molar-refractivity contribution in [3.63, 3.8) is 0 Å². The zero-order valence-electron chi connectivity index (χ0n) is 10.7. The largest absolute Gasteiger partial charge is 0.317 e. The molecule has 0 amide bonds. The highest BCUT2D eigenvalue weighted by atomic mass is 15.3. The molecule has 1 unspecified atom stereocenters. The molecule has 0 bridgehead atoms. The predicted octanol–water partition coefficient (Wildman–Crippen LogP) is 2.01. The SMILES string of the molecule is CCCn1ncnc1CCCC(CC)NC. The van der Waals surface area contributed by atoms with Crippen LogP contribution in [0, 0.1) is 0 Å². The summed E-state index contributed by atoms with van der Waals surface area (Å²) < 4.78 is 2.03. The van der Waals surface area contributed by atoms with Gasteiger partial charge in [0.1, 0.15) is 12.2 Å². The first-order chi connectivity index (χ1) is 7.81. The van der Waals surface area contributed by atoms with Gasteiger partial charge in [0.2, 0.25) is 0 Å². The summed E-state index contributed by atoms with van der Waals surface area (Å²) in [6.07, 6.45) is 7.41. The Morgan fingerprint density at radius 2 is 2.25 bits per heavy atom. The molecular weight excluding hydrogens is 200 g/mol. The number of hydrogen-bond donors (Lipinski definition) is 1. The molecule has 0 saturated carbocycles. The highest BCUT2D eigenvalue weighted by Gasteiger charge is 2.06. The van der Waals surface area contributed by atoms with E-state index in [0.29, 0.717) is 6.04 Å². The molecule has 92 valence electrons. The van der Waals surface area contributed by atoms with Crippen LogP contribution in [0.25, 0.3) is 0 Å². The fourth-order valence-corrected chi connectivity index (χ4v) is 1.94. The monoisotopic (exact) mass is 224 g/mol. The lowest BCUT2D eigenvalue weighted by Gasteiger charge is -2.13. The quantitative estimate of drug-likeness (QED) is 0.734. The van der Waals surface area contributed by atoms with Gasteiger partial charge in [-0.05, 0) is 32.7 Å². The Balaban J connectivity index is 2.33. The summed E-state index contributed by atoms with van der Waals surface area (Å²) in [6, 6.07) is 0.641. The molecule has 0 aliphatic rings. The van der Waals surface area contributed by atoms with Crippen molar-refractivity contribution in [3.05, 3.63) is 12.2 Å². The van der Waals surface area contributed by atoms with Gasteiger partial charge in [-0.1, -0.05) is 13.8 Å². The van der Waals surface area contributed by atoms with Crippen molar-refractivity contribution in [3.8, 4) is 0 Å². The van der Waals surface area contributed by atoms with Crippen molar-refractivity contribution < 1.29 is 0 Å². The van der Waals surface area contributed by atoms with Crippen LogP contribution < -0.4 is 5.32 Å². The van der Waals surface area contributed by atoms with E-state index in [4.69, 9.17) is 0 Å². The van der Waals surface area contributed by atoms with Gasteiger partial charge < -0.3 is 5.32 Å². The zero-order chi connectivity index (χ0) is 11.8. The summed E-state index contributed by atoms with van der Waals surface area (Å²) in [4.78, 5) is 4.31. The van der Waals surface area contributed by atoms with Gasteiger partial charge in [0.05, 0.1) is 0 Å². The van der Waals surface area contributed by atoms with Gasteiger partial charge in [0.15, 0.2) is 0 Å². The van der Waals surface area contributed by atoms with Crippen molar-refractivity contribution in [1.82, 2.24) is 20.1 Å². The van der Waals surface area contributed by atoms with E-state index < -0.39 is 0 Å². The maximum absolute atomic E-state index is 4.31. The van der Waals surface area contributed by atoms with E-state index >= 15 is 0 Å². The van der Waals surface area contributed by atoms with Crippen LogP contribution in [0.5, 0.6) is 0 Å². The highest BCUT2D eigenvalue weighted by molar-refractivity contribution is 4.85. The number of nitrogens with one attached hydrogen (secondary N) is 1. The third-order valence-corrected chi connectivity index (χ3v) is 2.99. The average Bonchev–Trinajstić information content (AvgIpc) is 2.73. The molecule has 0 aromatic carbocycles. The molecule has 4 nitrogen and oxygen atoms in total. The molecule has 1 aromatic rings. The van der Waals surface area contributed by atoms with Crippen LogP contribution in [0.2, 0.25) is 0 Å². The van der Waals surface area contributed by atoms with Crippen LogP contribution in [0.15, 0.2) is 6.33 Å². The van der Waals surface area contributed by atoms with Gasteiger partial charge in [-0.15, -0.1) is 0 Å². The Kier molecular flexibility index (Phi) is 6.08. The lowest BCUT2D eigenvalue weighted by Crippen LogP contribution is -2.24. The Labute approximate surface area is 98.5 Å². The first kappa shape index (κ1) is 13.2. The van der Waals surface area contributed by atoms with E-state index in [9.17, 15) is 0 Å². The van der Waals surface area contributed by atoms with E-state index in [0.717, 1.165) is 25.2 Å². The zero-order valence-corrected chi connectivity index (χ0v) is 10.7. The fourth-order valence-electron chi connectivity index (χ4n) is 1.94. The maximum atomic E-state index is 4.31. The van der Waals surface area contributed by atoms with E-state index in [1.807, 2.05) is 11.7 Å². The predicted molar refractivity (Wildman–Crippen MR) is 66.4 cm³/mol. The summed E-state index contributed by atoms with van der Waals surface area (Å²) in [5.74, 6) is 1.13. The summed E-state index contributed by atoms with van der Waals surface area (Å²) in [5, 5.41) is 7.56. The standard InChI is InChI=1S/C12H24N4/c1-4-9-16-12(14-10-15-16)8-6-7-11(5-2)13-3/h10-11,13H,4-9H2,1-3H3. The number of rotatable bonds is 8. The van der Waals surface area contributed by atoms with Gasteiger partial charge in [0.25, 0.3) is 0 Å². The second kappa shape index (κ2) is 7.39. The average molecular weight is 224 g/mol. The molecule has 4 heteroatoms. The molecule has 0 radical (unpaired) electrons. The molecular formula is C12H24N4. The third-order valence-electron chi connectivity index (χ3n) is 2.99. The van der Waals surface area contributed by atoms with Crippen molar-refractivity contribution >= 4 is 0 Å². The van der Waals surface area contributed by atoms with Crippen molar-refractivity contribution in [2.45, 2.75) is 58.5 Å². The first-order valence-electron chi connectivity index (χ1n) is 6.35. The van der Waals surface area contributed by atoms with Gasteiger partial charge in [-0.2, -0.15) is 5.10 Å². The topological polar surface area (TPSA) is 42.7 Å². The molecule has 1 aromatic heterocycles. The van der Waals surface area contributed by atoms with Crippen LogP contribution in [0.3, 0.4) is 0 Å². The molecule has 1 heterocycles. The minimum absolute atomic E-state index is 0.641. The molecule has 1 N–H and O–H groups in total. The van der Waals surface area contributed by atoms with E-state index in [1.165, 1.54) is 19.3 Å². The normalized spacial score (nSPS) is 12.9. The highest BCUT2D eigenvalue weighted by Crippen LogP contribution is 2.06. The Morgan fingerprint density at radius 3 is 2.88 bits per heavy atom. The van der Waals surface area contributed by atoms with Crippen LogP contribution in [-0.4, -0.2) is 27.9 Å². The molecule has 16 heavy (non-hydrogen) atoms. The summed E-state index contributed by atoms with van der Waals surface area (Å²) in [5.41, 5.74) is 0. The van der Waals surface area contributed by atoms with Crippen molar-refractivity contribution in [1.29, 1.82) is 0 Å². The van der Waals surface area contributed by atoms with Crippen LogP contribution >= 0.6 is 0 Å². The van der Waals surface area contributed by atoms with Gasteiger partial charge >= 0.3 is 0 Å². The minimum atomic E-state index is 0.641. The van der Waals surface area contributed by atoms with Gasteiger partial charge in [-0.25, -0.2) is 4.98 Å². The molecule has 1 atom stereocenters. The lowest BCUT2D eigenvalue weighted by molar-refractivity contribution is 0.480. The summed E-state index contributed by atoms with van der Waals surface area (Å²) >= 11 is 0. The number of nitrogens with zero attached hydrogens (tertiary/aromatic N) is 3. The second-order valence-electron chi connectivity index (χ2n) is 4.19. The smallest absolute Gasteiger partial charge is 0.138 e. The van der Waals surface area contributed by atoms with Crippen LogP contribution in [0.1, 0.15) is 45.4 Å². The molecule has 0 fully saturated rings. The first-order valence-corrected chi connectivity index (χ1v) is 6.35. The minimum Gasteiger partial charge on any atom is -0.317 e. The Bertz CT molecular complexity index is 278. The third kappa shape index (κ3) is 3.93. The number of hydrogen-bond acceptors (Lipinski definition) is 3. The van der Waals surface area contributed by atoms with Crippen LogP contribution in [-0.2, 0) is 13.0 Å². The number of aromatic nitrogens is 3. The Hall–Kier alpha value is -0.900.